The molecule has 0 aliphatic carbocycles. The van der Waals surface area contributed by atoms with E-state index >= 15 is 0 Å². The van der Waals surface area contributed by atoms with E-state index in [0.717, 1.165) is 12.8 Å². The monoisotopic (exact) mass is 258 g/mol. The average Bonchev–Trinajstić information content (AvgIpc) is 2.28. The molecule has 104 valence electrons. The topological polar surface area (TPSA) is 86.7 Å². The van der Waals surface area contributed by atoms with Crippen molar-refractivity contribution in [2.45, 2.75) is 46.0 Å². The number of imide groups is 1. The molecule has 0 aromatic carbocycles. The molecule has 0 aliphatic heterocycles. The molecule has 6 nitrogen and oxygen atoms in total. The minimum atomic E-state index is -0.937. The predicted octanol–water partition coefficient (Wildman–Crippen LogP) is 1.60. The summed E-state index contributed by atoms with van der Waals surface area (Å²) in [5.74, 6) is -1.36. The summed E-state index contributed by atoms with van der Waals surface area (Å²) in [5, 5.41) is 10.7. The Labute approximate surface area is 107 Å². The first-order chi connectivity index (χ1) is 8.51. The second-order valence-corrected chi connectivity index (χ2v) is 4.09. The van der Waals surface area contributed by atoms with Crippen LogP contribution in [0.2, 0.25) is 0 Å². The Bertz CT molecular complexity index is 286. The van der Waals surface area contributed by atoms with Crippen molar-refractivity contribution in [2.75, 3.05) is 13.1 Å². The highest BCUT2D eigenvalue weighted by molar-refractivity contribution is 5.94. The third-order valence-electron chi connectivity index (χ3n) is 2.32. The fraction of sp³-hybridized carbons (Fsp3) is 0.750. The minimum Gasteiger partial charge on any atom is -0.481 e. The smallest absolute Gasteiger partial charge is 0.324 e. The van der Waals surface area contributed by atoms with E-state index in [1.54, 1.807) is 4.90 Å². The first kappa shape index (κ1) is 16.4. The van der Waals surface area contributed by atoms with Gasteiger partial charge in [0, 0.05) is 25.9 Å². The van der Waals surface area contributed by atoms with E-state index in [4.69, 9.17) is 5.11 Å². The van der Waals surface area contributed by atoms with Crippen LogP contribution in [0.25, 0.3) is 0 Å². The lowest BCUT2D eigenvalue weighted by molar-refractivity contribution is -0.137. The van der Waals surface area contributed by atoms with E-state index in [1.807, 2.05) is 13.8 Å². The molecular weight excluding hydrogens is 236 g/mol. The zero-order valence-electron chi connectivity index (χ0n) is 11.1. The number of carbonyl (C=O) groups excluding carboxylic acids is 2. The number of carbonyl (C=O) groups is 3. The van der Waals surface area contributed by atoms with Gasteiger partial charge in [0.1, 0.15) is 0 Å². The second-order valence-electron chi connectivity index (χ2n) is 4.09. The summed E-state index contributed by atoms with van der Waals surface area (Å²) in [7, 11) is 0. The van der Waals surface area contributed by atoms with Crippen LogP contribution >= 0.6 is 0 Å². The summed E-state index contributed by atoms with van der Waals surface area (Å²) >= 11 is 0. The Kier molecular flexibility index (Phi) is 8.61. The SMILES string of the molecule is CCCN(CCC)C(=O)NC(=O)CCCC(=O)O. The highest BCUT2D eigenvalue weighted by Crippen LogP contribution is 1.98. The van der Waals surface area contributed by atoms with Crippen LogP contribution in [0.3, 0.4) is 0 Å². The van der Waals surface area contributed by atoms with Crippen molar-refractivity contribution in [3.05, 3.63) is 0 Å². The van der Waals surface area contributed by atoms with Crippen molar-refractivity contribution in [3.63, 3.8) is 0 Å². The van der Waals surface area contributed by atoms with E-state index in [0.29, 0.717) is 13.1 Å². The number of hydrogen-bond donors (Lipinski definition) is 2. The quantitative estimate of drug-likeness (QED) is 0.692. The Balaban J connectivity index is 4.02. The summed E-state index contributed by atoms with van der Waals surface area (Å²) in [6.45, 7) is 5.15. The van der Waals surface area contributed by atoms with Crippen molar-refractivity contribution < 1.29 is 19.5 Å². The van der Waals surface area contributed by atoms with Gasteiger partial charge in [-0.1, -0.05) is 13.8 Å². The molecule has 0 saturated heterocycles. The van der Waals surface area contributed by atoms with Crippen molar-refractivity contribution in [1.82, 2.24) is 10.2 Å². The molecular formula is C12H22N2O4. The maximum Gasteiger partial charge on any atom is 0.324 e. The second kappa shape index (κ2) is 9.44. The largest absolute Gasteiger partial charge is 0.481 e. The molecule has 0 rings (SSSR count). The Morgan fingerprint density at radius 1 is 1.06 bits per heavy atom. The van der Waals surface area contributed by atoms with Crippen molar-refractivity contribution in [3.8, 4) is 0 Å². The van der Waals surface area contributed by atoms with Gasteiger partial charge in [0.2, 0.25) is 5.91 Å². The zero-order valence-corrected chi connectivity index (χ0v) is 11.1. The maximum absolute atomic E-state index is 11.7. The molecule has 0 aliphatic rings. The molecule has 0 aromatic rings. The first-order valence-corrected chi connectivity index (χ1v) is 6.31. The van der Waals surface area contributed by atoms with Crippen LogP contribution in [-0.4, -0.2) is 41.0 Å². The molecule has 0 unspecified atom stereocenters. The molecule has 0 radical (unpaired) electrons. The van der Waals surface area contributed by atoms with Crippen molar-refractivity contribution in [2.24, 2.45) is 0 Å². The molecule has 6 heteroatoms. The van der Waals surface area contributed by atoms with Crippen LogP contribution in [0.15, 0.2) is 0 Å². The third kappa shape index (κ3) is 7.65. The van der Waals surface area contributed by atoms with Gasteiger partial charge >= 0.3 is 12.0 Å². The lowest BCUT2D eigenvalue weighted by Crippen LogP contribution is -2.43. The number of urea groups is 1. The molecule has 0 saturated carbocycles. The highest BCUT2D eigenvalue weighted by atomic mass is 16.4. The lowest BCUT2D eigenvalue weighted by Gasteiger charge is -2.21. The van der Waals surface area contributed by atoms with Crippen LogP contribution in [0, 0.1) is 0 Å². The number of carboxylic acid groups (broad SMARTS) is 1. The number of nitrogens with one attached hydrogen (secondary N) is 1. The summed E-state index contributed by atoms with van der Waals surface area (Å²) in [6, 6.07) is -0.390. The maximum atomic E-state index is 11.7. The van der Waals surface area contributed by atoms with Gasteiger partial charge in [-0.05, 0) is 19.3 Å². The summed E-state index contributed by atoms with van der Waals surface area (Å²) in [4.78, 5) is 35.0. The standard InChI is InChI=1S/C12H22N2O4/c1-3-8-14(9-4-2)12(18)13-10(15)6-5-7-11(16)17/h3-9H2,1-2H3,(H,16,17)(H,13,15,18). The molecule has 18 heavy (non-hydrogen) atoms. The number of nitrogens with zero attached hydrogens (tertiary/aromatic N) is 1. The van der Waals surface area contributed by atoms with E-state index in [1.165, 1.54) is 0 Å². The molecule has 0 atom stereocenters. The highest BCUT2D eigenvalue weighted by Gasteiger charge is 2.14. The van der Waals surface area contributed by atoms with E-state index in [9.17, 15) is 14.4 Å². The van der Waals surface area contributed by atoms with Gasteiger partial charge in [-0.3, -0.25) is 14.9 Å². The van der Waals surface area contributed by atoms with Crippen LogP contribution in [0.4, 0.5) is 4.79 Å². The van der Waals surface area contributed by atoms with Gasteiger partial charge in [-0.2, -0.15) is 0 Å². The van der Waals surface area contributed by atoms with E-state index in [2.05, 4.69) is 5.32 Å². The Morgan fingerprint density at radius 2 is 1.61 bits per heavy atom. The molecule has 0 aromatic heterocycles. The van der Waals surface area contributed by atoms with Crippen LogP contribution in [-0.2, 0) is 9.59 Å². The lowest BCUT2D eigenvalue weighted by atomic mass is 10.2. The summed E-state index contributed by atoms with van der Waals surface area (Å²) < 4.78 is 0. The predicted molar refractivity (Wildman–Crippen MR) is 67.2 cm³/mol. The van der Waals surface area contributed by atoms with Gasteiger partial charge < -0.3 is 10.0 Å². The molecule has 0 heterocycles. The molecule has 3 amide bonds. The zero-order chi connectivity index (χ0) is 14.0. The van der Waals surface area contributed by atoms with Crippen LogP contribution in [0.5, 0.6) is 0 Å². The van der Waals surface area contributed by atoms with Gasteiger partial charge in [0.05, 0.1) is 0 Å². The minimum absolute atomic E-state index is 0.0597. The van der Waals surface area contributed by atoms with Crippen molar-refractivity contribution in [1.29, 1.82) is 0 Å². The fourth-order valence-electron chi connectivity index (χ4n) is 1.52. The van der Waals surface area contributed by atoms with Gasteiger partial charge in [0.15, 0.2) is 0 Å². The number of carboxylic acids is 1. The number of rotatable bonds is 8. The Hall–Kier alpha value is -1.59. The Morgan fingerprint density at radius 3 is 2.06 bits per heavy atom. The van der Waals surface area contributed by atoms with Crippen molar-refractivity contribution >= 4 is 17.9 Å². The third-order valence-corrected chi connectivity index (χ3v) is 2.32. The van der Waals surface area contributed by atoms with Gasteiger partial charge in [0.25, 0.3) is 0 Å². The van der Waals surface area contributed by atoms with Gasteiger partial charge in [-0.25, -0.2) is 4.79 Å². The summed E-state index contributed by atoms with van der Waals surface area (Å²) in [5.41, 5.74) is 0. The number of amides is 3. The van der Waals surface area contributed by atoms with Crippen LogP contribution < -0.4 is 5.32 Å². The van der Waals surface area contributed by atoms with E-state index in [-0.39, 0.29) is 25.3 Å². The van der Waals surface area contributed by atoms with E-state index < -0.39 is 11.9 Å². The number of hydrogen-bond acceptors (Lipinski definition) is 3. The number of aliphatic carboxylic acids is 1. The normalized spacial score (nSPS) is 9.89. The first-order valence-electron chi connectivity index (χ1n) is 6.31. The average molecular weight is 258 g/mol. The molecule has 0 bridgehead atoms. The molecule has 0 fully saturated rings. The summed E-state index contributed by atoms with van der Waals surface area (Å²) in [6.07, 6.45) is 1.91. The molecule has 0 spiro atoms. The molecule has 2 N–H and O–H groups in total. The fourth-order valence-corrected chi connectivity index (χ4v) is 1.52. The van der Waals surface area contributed by atoms with Crippen LogP contribution in [0.1, 0.15) is 46.0 Å². The van der Waals surface area contributed by atoms with Gasteiger partial charge in [-0.15, -0.1) is 0 Å².